The smallest absolute Gasteiger partial charge is 0.264 e. The van der Waals surface area contributed by atoms with Crippen LogP contribution in [0.4, 0.5) is 17.3 Å². The zero-order valence-electron chi connectivity index (χ0n) is 18.0. The Hall–Kier alpha value is -2.87. The first-order valence-electron chi connectivity index (χ1n) is 10.4. The second kappa shape index (κ2) is 9.55. The van der Waals surface area contributed by atoms with E-state index in [1.165, 1.54) is 23.8 Å². The largest absolute Gasteiger partial charge is 0.337 e. The van der Waals surface area contributed by atoms with Crippen LogP contribution >= 0.6 is 23.2 Å². The SMILES string of the molecule is CCC(C)c1ccc(Nc2nc3ccccc3nc2NS(=O)(=O)c2cc(Cl)ccc2Cl)cc1. The first-order chi connectivity index (χ1) is 15.8. The van der Waals surface area contributed by atoms with Gasteiger partial charge in [0.25, 0.3) is 10.0 Å². The first-order valence-corrected chi connectivity index (χ1v) is 12.6. The van der Waals surface area contributed by atoms with Crippen molar-refractivity contribution in [1.82, 2.24) is 9.97 Å². The van der Waals surface area contributed by atoms with Crippen molar-refractivity contribution in [3.63, 3.8) is 0 Å². The lowest BCUT2D eigenvalue weighted by molar-refractivity contribution is 0.601. The molecular weight excluding hydrogens is 479 g/mol. The summed E-state index contributed by atoms with van der Waals surface area (Å²) in [5.41, 5.74) is 3.15. The first kappa shape index (κ1) is 23.3. The number of hydrogen-bond donors (Lipinski definition) is 2. The predicted molar refractivity (Wildman–Crippen MR) is 135 cm³/mol. The molecule has 0 fully saturated rings. The zero-order valence-corrected chi connectivity index (χ0v) is 20.3. The van der Waals surface area contributed by atoms with Crippen molar-refractivity contribution in [3.05, 3.63) is 82.3 Å². The molecule has 6 nitrogen and oxygen atoms in total. The summed E-state index contributed by atoms with van der Waals surface area (Å²) in [6, 6.07) is 19.4. The van der Waals surface area contributed by atoms with Gasteiger partial charge >= 0.3 is 0 Å². The third-order valence-electron chi connectivity index (χ3n) is 5.34. The highest BCUT2D eigenvalue weighted by molar-refractivity contribution is 7.92. The fourth-order valence-electron chi connectivity index (χ4n) is 3.29. The highest BCUT2D eigenvalue weighted by Crippen LogP contribution is 2.31. The van der Waals surface area contributed by atoms with Gasteiger partial charge in [-0.15, -0.1) is 0 Å². The van der Waals surface area contributed by atoms with Crippen LogP contribution in [0, 0.1) is 0 Å². The number of nitrogens with zero attached hydrogens (tertiary/aromatic N) is 2. The Kier molecular flexibility index (Phi) is 6.74. The molecule has 0 aliphatic rings. The molecule has 4 aromatic rings. The molecule has 1 unspecified atom stereocenters. The van der Waals surface area contributed by atoms with Crippen LogP contribution in [-0.4, -0.2) is 18.4 Å². The van der Waals surface area contributed by atoms with Crippen LogP contribution in [0.25, 0.3) is 11.0 Å². The van der Waals surface area contributed by atoms with Gasteiger partial charge in [0.1, 0.15) is 4.90 Å². The number of sulfonamides is 1. The van der Waals surface area contributed by atoms with Crippen molar-refractivity contribution < 1.29 is 8.42 Å². The van der Waals surface area contributed by atoms with E-state index in [-0.39, 0.29) is 26.6 Å². The average molecular weight is 501 g/mol. The van der Waals surface area contributed by atoms with Crippen LogP contribution in [0.2, 0.25) is 10.0 Å². The molecule has 2 N–H and O–H groups in total. The van der Waals surface area contributed by atoms with Crippen LogP contribution in [0.3, 0.4) is 0 Å². The van der Waals surface area contributed by atoms with Gasteiger partial charge in [0.15, 0.2) is 11.6 Å². The summed E-state index contributed by atoms with van der Waals surface area (Å²) in [7, 11) is -4.08. The highest BCUT2D eigenvalue weighted by atomic mass is 35.5. The molecule has 0 amide bonds. The number of anilines is 3. The Bertz CT molecular complexity index is 1410. The lowest BCUT2D eigenvalue weighted by Gasteiger charge is -2.15. The highest BCUT2D eigenvalue weighted by Gasteiger charge is 2.22. The van der Waals surface area contributed by atoms with Gasteiger partial charge in [0.2, 0.25) is 0 Å². The van der Waals surface area contributed by atoms with E-state index in [4.69, 9.17) is 23.2 Å². The maximum Gasteiger partial charge on any atom is 0.264 e. The van der Waals surface area contributed by atoms with E-state index in [9.17, 15) is 8.42 Å². The molecule has 1 heterocycles. The van der Waals surface area contributed by atoms with Crippen molar-refractivity contribution in [2.75, 3.05) is 10.0 Å². The van der Waals surface area contributed by atoms with E-state index in [1.54, 1.807) is 6.07 Å². The molecule has 0 radical (unpaired) electrons. The third kappa shape index (κ3) is 5.21. The number of nitrogens with one attached hydrogen (secondary N) is 2. The molecule has 9 heteroatoms. The molecule has 0 bridgehead atoms. The Morgan fingerprint density at radius 2 is 1.55 bits per heavy atom. The van der Waals surface area contributed by atoms with Gasteiger partial charge < -0.3 is 5.32 Å². The Balaban J connectivity index is 1.74. The van der Waals surface area contributed by atoms with Crippen LogP contribution in [0.5, 0.6) is 0 Å². The molecule has 0 aliphatic heterocycles. The lowest BCUT2D eigenvalue weighted by atomic mass is 9.99. The molecule has 0 saturated heterocycles. The molecule has 170 valence electrons. The summed E-state index contributed by atoms with van der Waals surface area (Å²) in [4.78, 5) is 8.96. The number of para-hydroxylation sites is 2. The third-order valence-corrected chi connectivity index (χ3v) is 7.39. The number of aromatic nitrogens is 2. The van der Waals surface area contributed by atoms with E-state index in [0.717, 1.165) is 12.1 Å². The molecular formula is C24H22Cl2N4O2S. The zero-order chi connectivity index (χ0) is 23.6. The number of hydrogen-bond acceptors (Lipinski definition) is 5. The van der Waals surface area contributed by atoms with Crippen LogP contribution in [0.1, 0.15) is 31.7 Å². The Labute approximate surface area is 203 Å². The summed E-state index contributed by atoms with van der Waals surface area (Å²) in [5, 5.41) is 3.49. The van der Waals surface area contributed by atoms with Crippen LogP contribution in [0.15, 0.2) is 71.6 Å². The minimum atomic E-state index is -4.08. The summed E-state index contributed by atoms with van der Waals surface area (Å²) >= 11 is 12.1. The molecule has 0 spiro atoms. The summed E-state index contributed by atoms with van der Waals surface area (Å²) < 4.78 is 28.8. The Morgan fingerprint density at radius 1 is 0.909 bits per heavy atom. The predicted octanol–water partition coefficient (Wildman–Crippen LogP) is 6.99. The standard InChI is InChI=1S/C24H22Cl2N4O2S/c1-3-15(2)16-8-11-18(12-9-16)27-23-24(29-21-7-5-4-6-20(21)28-23)30-33(31,32)22-14-17(25)10-13-19(22)26/h4-15H,3H2,1-2H3,(H,27,28)(H,29,30). The molecule has 3 aromatic carbocycles. The van der Waals surface area contributed by atoms with Gasteiger partial charge in [0.05, 0.1) is 16.1 Å². The van der Waals surface area contributed by atoms with E-state index < -0.39 is 10.0 Å². The molecule has 1 atom stereocenters. The van der Waals surface area contributed by atoms with Gasteiger partial charge in [-0.2, -0.15) is 0 Å². The summed E-state index contributed by atoms with van der Waals surface area (Å²) in [6.45, 7) is 4.32. The number of benzene rings is 3. The van der Waals surface area contributed by atoms with Gasteiger partial charge in [-0.1, -0.05) is 61.3 Å². The van der Waals surface area contributed by atoms with Crippen molar-refractivity contribution in [2.45, 2.75) is 31.1 Å². The van der Waals surface area contributed by atoms with E-state index in [0.29, 0.717) is 17.0 Å². The maximum atomic E-state index is 13.1. The number of rotatable bonds is 7. The van der Waals surface area contributed by atoms with Crippen molar-refractivity contribution in [2.24, 2.45) is 0 Å². The van der Waals surface area contributed by atoms with E-state index in [2.05, 4.69) is 33.9 Å². The topological polar surface area (TPSA) is 84.0 Å². The Morgan fingerprint density at radius 3 is 2.18 bits per heavy atom. The molecule has 0 aliphatic carbocycles. The fraction of sp³-hybridized carbons (Fsp3) is 0.167. The van der Waals surface area contributed by atoms with Gasteiger partial charge in [0, 0.05) is 10.7 Å². The molecule has 1 aromatic heterocycles. The van der Waals surface area contributed by atoms with Crippen molar-refractivity contribution >= 4 is 61.6 Å². The van der Waals surface area contributed by atoms with Crippen molar-refractivity contribution in [1.29, 1.82) is 0 Å². The summed E-state index contributed by atoms with van der Waals surface area (Å²) in [6.07, 6.45) is 1.04. The van der Waals surface area contributed by atoms with E-state index in [1.807, 2.05) is 42.5 Å². The van der Waals surface area contributed by atoms with Crippen molar-refractivity contribution in [3.8, 4) is 0 Å². The summed E-state index contributed by atoms with van der Waals surface area (Å²) in [5.74, 6) is 0.770. The fourth-order valence-corrected chi connectivity index (χ4v) is 5.06. The minimum Gasteiger partial charge on any atom is -0.337 e. The second-order valence-corrected chi connectivity index (χ2v) is 10.1. The van der Waals surface area contributed by atoms with Crippen LogP contribution < -0.4 is 10.0 Å². The van der Waals surface area contributed by atoms with E-state index >= 15 is 0 Å². The molecule has 4 rings (SSSR count). The number of halogens is 2. The lowest BCUT2D eigenvalue weighted by Crippen LogP contribution is -2.16. The minimum absolute atomic E-state index is 0.0516. The van der Waals surface area contributed by atoms with Gasteiger partial charge in [-0.3, -0.25) is 4.72 Å². The second-order valence-electron chi connectivity index (χ2n) is 7.65. The van der Waals surface area contributed by atoms with Gasteiger partial charge in [-0.05, 0) is 60.4 Å². The number of fused-ring (bicyclic) bond motifs is 1. The monoisotopic (exact) mass is 500 g/mol. The van der Waals surface area contributed by atoms with Gasteiger partial charge in [-0.25, -0.2) is 18.4 Å². The van der Waals surface area contributed by atoms with Crippen LogP contribution in [-0.2, 0) is 10.0 Å². The quantitative estimate of drug-likeness (QED) is 0.285. The molecule has 0 saturated carbocycles. The average Bonchev–Trinajstić information content (AvgIpc) is 2.80. The maximum absolute atomic E-state index is 13.1. The molecule has 33 heavy (non-hydrogen) atoms. The normalized spacial score (nSPS) is 12.5.